The molecule has 1 fully saturated rings. The number of aliphatic carboxylic acids is 1. The first-order valence-electron chi connectivity index (χ1n) is 6.46. The van der Waals surface area contributed by atoms with Gasteiger partial charge in [0.2, 0.25) is 0 Å². The smallest absolute Gasteiger partial charge is 0.311 e. The van der Waals surface area contributed by atoms with Gasteiger partial charge in [-0.25, -0.2) is 4.98 Å². The quantitative estimate of drug-likeness (QED) is 0.895. The molecule has 1 saturated heterocycles. The molecule has 2 rings (SSSR count). The molecule has 5 nitrogen and oxygen atoms in total. The lowest BCUT2D eigenvalue weighted by atomic mass is 9.83. The Kier molecular flexibility index (Phi) is 3.70. The Hall–Kier alpha value is -2.09. The predicted molar refractivity (Wildman–Crippen MR) is 70.8 cm³/mol. The molecule has 0 saturated carbocycles. The highest BCUT2D eigenvalue weighted by molar-refractivity contribution is 5.77. The lowest BCUT2D eigenvalue weighted by Gasteiger charge is -2.24. The van der Waals surface area contributed by atoms with Crippen molar-refractivity contribution in [1.29, 1.82) is 5.26 Å². The van der Waals surface area contributed by atoms with E-state index < -0.39 is 11.4 Å². The van der Waals surface area contributed by atoms with Crippen LogP contribution in [-0.4, -0.2) is 29.1 Å². The maximum absolute atomic E-state index is 11.5. The fourth-order valence-electron chi connectivity index (χ4n) is 2.75. The summed E-state index contributed by atoms with van der Waals surface area (Å²) in [5.74, 6) is -0.143. The molecule has 100 valence electrons. The number of hydrogen-bond acceptors (Lipinski definition) is 4. The van der Waals surface area contributed by atoms with Gasteiger partial charge in [-0.3, -0.25) is 4.79 Å². The normalized spacial score (nSPS) is 22.2. The van der Waals surface area contributed by atoms with Crippen molar-refractivity contribution < 1.29 is 9.90 Å². The Morgan fingerprint density at radius 1 is 1.68 bits per heavy atom. The van der Waals surface area contributed by atoms with E-state index in [9.17, 15) is 9.90 Å². The van der Waals surface area contributed by atoms with Crippen LogP contribution in [0.4, 0.5) is 5.82 Å². The minimum atomic E-state index is -0.744. The zero-order valence-electron chi connectivity index (χ0n) is 11.0. The molecule has 0 aromatic carbocycles. The van der Waals surface area contributed by atoms with E-state index in [0.29, 0.717) is 37.3 Å². The van der Waals surface area contributed by atoms with Crippen molar-refractivity contribution >= 4 is 11.8 Å². The van der Waals surface area contributed by atoms with Crippen LogP contribution in [0.25, 0.3) is 0 Å². The minimum Gasteiger partial charge on any atom is -0.481 e. The number of carboxylic acid groups (broad SMARTS) is 1. The van der Waals surface area contributed by atoms with Crippen molar-refractivity contribution in [3.05, 3.63) is 23.9 Å². The number of pyridine rings is 1. The average Bonchev–Trinajstić information content (AvgIpc) is 2.84. The molecule has 1 aromatic heterocycles. The van der Waals surface area contributed by atoms with Crippen LogP contribution in [0.15, 0.2) is 18.3 Å². The van der Waals surface area contributed by atoms with Crippen molar-refractivity contribution in [3.63, 3.8) is 0 Å². The monoisotopic (exact) mass is 259 g/mol. The first kappa shape index (κ1) is 13.3. The predicted octanol–water partition coefficient (Wildman–Crippen LogP) is 2.03. The molecule has 5 heteroatoms. The summed E-state index contributed by atoms with van der Waals surface area (Å²) in [6.07, 6.45) is 3.75. The highest BCUT2D eigenvalue weighted by Gasteiger charge is 2.44. The van der Waals surface area contributed by atoms with Gasteiger partial charge in [-0.05, 0) is 25.0 Å². The molecule has 0 bridgehead atoms. The lowest BCUT2D eigenvalue weighted by Crippen LogP contribution is -2.35. The van der Waals surface area contributed by atoms with Crippen LogP contribution in [0.1, 0.15) is 31.7 Å². The zero-order chi connectivity index (χ0) is 13.9. The molecular weight excluding hydrogens is 242 g/mol. The van der Waals surface area contributed by atoms with Gasteiger partial charge >= 0.3 is 5.97 Å². The number of rotatable bonds is 4. The van der Waals surface area contributed by atoms with Gasteiger partial charge < -0.3 is 10.0 Å². The first-order chi connectivity index (χ1) is 9.13. The van der Waals surface area contributed by atoms with E-state index in [1.165, 1.54) is 0 Å². The largest absolute Gasteiger partial charge is 0.481 e. The SMILES string of the molecule is CCCC1(C(=O)O)CCN(c2ncccc2C#N)C1. The van der Waals surface area contributed by atoms with Gasteiger partial charge in [-0.1, -0.05) is 13.3 Å². The highest BCUT2D eigenvalue weighted by Crippen LogP contribution is 2.37. The van der Waals surface area contributed by atoms with Crippen LogP contribution < -0.4 is 4.90 Å². The maximum Gasteiger partial charge on any atom is 0.311 e. The second kappa shape index (κ2) is 5.27. The van der Waals surface area contributed by atoms with Crippen LogP contribution in [0.3, 0.4) is 0 Å². The van der Waals surface area contributed by atoms with Gasteiger partial charge in [0.1, 0.15) is 11.9 Å². The third kappa shape index (κ3) is 2.39. The topological polar surface area (TPSA) is 77.2 Å². The average molecular weight is 259 g/mol. The summed E-state index contributed by atoms with van der Waals surface area (Å²) in [6, 6.07) is 5.54. The summed E-state index contributed by atoms with van der Waals surface area (Å²) in [7, 11) is 0. The van der Waals surface area contributed by atoms with Crippen molar-refractivity contribution in [2.24, 2.45) is 5.41 Å². The number of hydrogen-bond donors (Lipinski definition) is 1. The molecule has 1 aromatic rings. The Balaban J connectivity index is 2.26. The molecule has 0 amide bonds. The van der Waals surface area contributed by atoms with Crippen LogP contribution >= 0.6 is 0 Å². The number of nitrogens with zero attached hydrogens (tertiary/aromatic N) is 3. The van der Waals surface area contributed by atoms with E-state index in [1.54, 1.807) is 18.3 Å². The molecule has 1 N–H and O–H groups in total. The standard InChI is InChI=1S/C14H17N3O2/c1-2-5-14(13(18)19)6-8-17(10-14)12-11(9-15)4-3-7-16-12/h3-4,7H,2,5-6,8,10H2,1H3,(H,18,19). The fourth-order valence-corrected chi connectivity index (χ4v) is 2.75. The minimum absolute atomic E-state index is 0.432. The van der Waals surface area contributed by atoms with Crippen molar-refractivity contribution in [2.45, 2.75) is 26.2 Å². The molecule has 1 unspecified atom stereocenters. The zero-order valence-corrected chi connectivity index (χ0v) is 11.0. The lowest BCUT2D eigenvalue weighted by molar-refractivity contribution is -0.148. The molecular formula is C14H17N3O2. The van der Waals surface area contributed by atoms with Crippen molar-refractivity contribution in [2.75, 3.05) is 18.0 Å². The van der Waals surface area contributed by atoms with E-state index in [2.05, 4.69) is 11.1 Å². The van der Waals surface area contributed by atoms with Crippen LogP contribution in [-0.2, 0) is 4.79 Å². The molecule has 0 aliphatic carbocycles. The van der Waals surface area contributed by atoms with E-state index >= 15 is 0 Å². The number of nitriles is 1. The highest BCUT2D eigenvalue weighted by atomic mass is 16.4. The van der Waals surface area contributed by atoms with Crippen molar-refractivity contribution in [3.8, 4) is 6.07 Å². The Labute approximate surface area is 112 Å². The Bertz CT molecular complexity index is 524. The summed E-state index contributed by atoms with van der Waals surface area (Å²) in [5.41, 5.74) is -0.195. The number of carboxylic acids is 1. The third-order valence-electron chi connectivity index (χ3n) is 3.74. The maximum atomic E-state index is 11.5. The molecule has 0 spiro atoms. The second-order valence-corrected chi connectivity index (χ2v) is 4.99. The molecule has 0 radical (unpaired) electrons. The van der Waals surface area contributed by atoms with Crippen LogP contribution in [0.2, 0.25) is 0 Å². The van der Waals surface area contributed by atoms with Gasteiger partial charge in [0.25, 0.3) is 0 Å². The first-order valence-corrected chi connectivity index (χ1v) is 6.46. The number of aromatic nitrogens is 1. The summed E-state index contributed by atoms with van der Waals surface area (Å²) in [4.78, 5) is 17.7. The molecule has 1 aliphatic rings. The van der Waals surface area contributed by atoms with Gasteiger partial charge in [-0.2, -0.15) is 5.26 Å². The van der Waals surface area contributed by atoms with Gasteiger partial charge in [0, 0.05) is 19.3 Å². The van der Waals surface area contributed by atoms with Crippen molar-refractivity contribution in [1.82, 2.24) is 4.98 Å². The van der Waals surface area contributed by atoms with E-state index in [1.807, 2.05) is 11.8 Å². The third-order valence-corrected chi connectivity index (χ3v) is 3.74. The summed E-state index contributed by atoms with van der Waals surface area (Å²) >= 11 is 0. The van der Waals surface area contributed by atoms with Gasteiger partial charge in [0.15, 0.2) is 0 Å². The van der Waals surface area contributed by atoms with E-state index in [-0.39, 0.29) is 0 Å². The van der Waals surface area contributed by atoms with E-state index in [0.717, 1.165) is 6.42 Å². The molecule has 2 heterocycles. The molecule has 1 atom stereocenters. The van der Waals surface area contributed by atoms with E-state index in [4.69, 9.17) is 5.26 Å². The number of carbonyl (C=O) groups is 1. The van der Waals surface area contributed by atoms with Gasteiger partial charge in [0.05, 0.1) is 11.0 Å². The Morgan fingerprint density at radius 2 is 2.47 bits per heavy atom. The summed E-state index contributed by atoms with van der Waals surface area (Å²) in [6.45, 7) is 3.06. The van der Waals surface area contributed by atoms with Crippen LogP contribution in [0, 0.1) is 16.7 Å². The molecule has 1 aliphatic heterocycles. The Morgan fingerprint density at radius 3 is 3.11 bits per heavy atom. The van der Waals surface area contributed by atoms with Crippen LogP contribution in [0.5, 0.6) is 0 Å². The van der Waals surface area contributed by atoms with Gasteiger partial charge in [-0.15, -0.1) is 0 Å². The fraction of sp³-hybridized carbons (Fsp3) is 0.500. The molecule has 19 heavy (non-hydrogen) atoms. The summed E-state index contributed by atoms with van der Waals surface area (Å²) < 4.78 is 0. The number of anilines is 1. The second-order valence-electron chi connectivity index (χ2n) is 4.99. The summed E-state index contributed by atoms with van der Waals surface area (Å²) in [5, 5.41) is 18.6.